The SMILES string of the molecule is CC1(C)C(C(F)(F)F)CCN1C(=O)c1cccc(NC(=O)c2ccco2)c1. The zero-order valence-electron chi connectivity index (χ0n) is 14.8. The van der Waals surface area contributed by atoms with Gasteiger partial charge in [-0.15, -0.1) is 0 Å². The maximum Gasteiger partial charge on any atom is 0.394 e. The molecule has 144 valence electrons. The van der Waals surface area contributed by atoms with E-state index in [-0.39, 0.29) is 24.3 Å². The summed E-state index contributed by atoms with van der Waals surface area (Å²) >= 11 is 0. The Kier molecular flexibility index (Phi) is 4.75. The molecule has 1 fully saturated rings. The summed E-state index contributed by atoms with van der Waals surface area (Å²) in [5.74, 6) is -2.44. The van der Waals surface area contributed by atoms with E-state index in [0.29, 0.717) is 5.69 Å². The molecule has 1 aromatic carbocycles. The molecule has 2 aromatic rings. The molecule has 1 N–H and O–H groups in total. The lowest BCUT2D eigenvalue weighted by atomic mass is 9.87. The second kappa shape index (κ2) is 6.75. The van der Waals surface area contributed by atoms with Crippen molar-refractivity contribution in [1.29, 1.82) is 0 Å². The summed E-state index contributed by atoms with van der Waals surface area (Å²) in [6, 6.07) is 9.18. The van der Waals surface area contributed by atoms with Crippen LogP contribution in [-0.4, -0.2) is 35.0 Å². The fourth-order valence-electron chi connectivity index (χ4n) is 3.50. The molecule has 1 saturated heterocycles. The Morgan fingerprint density at radius 3 is 2.56 bits per heavy atom. The van der Waals surface area contributed by atoms with Crippen LogP contribution < -0.4 is 5.32 Å². The molecule has 1 aliphatic heterocycles. The predicted octanol–water partition coefficient (Wildman–Crippen LogP) is 4.33. The molecule has 2 amide bonds. The maximum absolute atomic E-state index is 13.2. The van der Waals surface area contributed by atoms with Crippen molar-refractivity contribution in [1.82, 2.24) is 4.90 Å². The molecule has 2 heterocycles. The number of carbonyl (C=O) groups excluding carboxylic acids is 2. The number of rotatable bonds is 3. The Morgan fingerprint density at radius 1 is 1.22 bits per heavy atom. The van der Waals surface area contributed by atoms with Crippen LogP contribution in [0.3, 0.4) is 0 Å². The van der Waals surface area contributed by atoms with E-state index in [1.165, 1.54) is 43.2 Å². The van der Waals surface area contributed by atoms with Crippen LogP contribution in [0.25, 0.3) is 0 Å². The summed E-state index contributed by atoms with van der Waals surface area (Å²) in [4.78, 5) is 26.1. The summed E-state index contributed by atoms with van der Waals surface area (Å²) in [5.41, 5.74) is -0.780. The van der Waals surface area contributed by atoms with E-state index in [0.717, 1.165) is 0 Å². The van der Waals surface area contributed by atoms with Gasteiger partial charge in [0.1, 0.15) is 0 Å². The number of likely N-dealkylation sites (tertiary alicyclic amines) is 1. The highest BCUT2D eigenvalue weighted by Gasteiger charge is 2.56. The zero-order valence-corrected chi connectivity index (χ0v) is 14.8. The van der Waals surface area contributed by atoms with Gasteiger partial charge in [0.05, 0.1) is 12.2 Å². The van der Waals surface area contributed by atoms with E-state index in [1.807, 2.05) is 0 Å². The number of anilines is 1. The van der Waals surface area contributed by atoms with Crippen molar-refractivity contribution in [3.8, 4) is 0 Å². The average molecular weight is 380 g/mol. The van der Waals surface area contributed by atoms with Crippen molar-refractivity contribution in [3.05, 3.63) is 54.0 Å². The lowest BCUT2D eigenvalue weighted by Crippen LogP contribution is -2.49. The first kappa shape index (κ1) is 19.0. The summed E-state index contributed by atoms with van der Waals surface area (Å²) in [7, 11) is 0. The average Bonchev–Trinajstić information content (AvgIpc) is 3.21. The van der Waals surface area contributed by atoms with E-state index >= 15 is 0 Å². The van der Waals surface area contributed by atoms with Gasteiger partial charge >= 0.3 is 6.18 Å². The molecule has 1 atom stereocenters. The van der Waals surface area contributed by atoms with E-state index in [1.54, 1.807) is 18.2 Å². The predicted molar refractivity (Wildman–Crippen MR) is 92.4 cm³/mol. The van der Waals surface area contributed by atoms with E-state index < -0.39 is 29.4 Å². The molecule has 3 rings (SSSR count). The smallest absolute Gasteiger partial charge is 0.394 e. The summed E-state index contributed by atoms with van der Waals surface area (Å²) < 4.78 is 44.7. The number of nitrogens with zero attached hydrogens (tertiary/aromatic N) is 1. The Labute approximate surface area is 154 Å². The molecule has 1 aliphatic rings. The number of nitrogens with one attached hydrogen (secondary N) is 1. The third kappa shape index (κ3) is 3.70. The largest absolute Gasteiger partial charge is 0.459 e. The van der Waals surface area contributed by atoms with Crippen LogP contribution in [0.2, 0.25) is 0 Å². The quantitative estimate of drug-likeness (QED) is 0.862. The van der Waals surface area contributed by atoms with Gasteiger partial charge < -0.3 is 14.6 Å². The van der Waals surface area contributed by atoms with Crippen LogP contribution in [0.1, 0.15) is 41.2 Å². The van der Waals surface area contributed by atoms with Gasteiger partial charge in [-0.05, 0) is 50.6 Å². The van der Waals surface area contributed by atoms with Gasteiger partial charge in [-0.2, -0.15) is 13.2 Å². The number of hydrogen-bond acceptors (Lipinski definition) is 3. The van der Waals surface area contributed by atoms with Crippen molar-refractivity contribution in [3.63, 3.8) is 0 Å². The number of halogens is 3. The van der Waals surface area contributed by atoms with Crippen molar-refractivity contribution < 1.29 is 27.2 Å². The molecule has 0 spiro atoms. The summed E-state index contributed by atoms with van der Waals surface area (Å²) in [5, 5.41) is 2.60. The van der Waals surface area contributed by atoms with Crippen LogP contribution in [0.5, 0.6) is 0 Å². The first-order valence-electron chi connectivity index (χ1n) is 8.44. The van der Waals surface area contributed by atoms with Crippen molar-refractivity contribution in [2.24, 2.45) is 5.92 Å². The number of carbonyl (C=O) groups is 2. The Morgan fingerprint density at radius 2 is 1.96 bits per heavy atom. The monoisotopic (exact) mass is 380 g/mol. The third-order valence-corrected chi connectivity index (χ3v) is 4.94. The van der Waals surface area contributed by atoms with Gasteiger partial charge in [-0.3, -0.25) is 9.59 Å². The highest BCUT2D eigenvalue weighted by molar-refractivity contribution is 6.03. The molecule has 1 unspecified atom stereocenters. The van der Waals surface area contributed by atoms with Crippen molar-refractivity contribution in [2.75, 3.05) is 11.9 Å². The van der Waals surface area contributed by atoms with Crippen LogP contribution in [0.15, 0.2) is 47.1 Å². The maximum atomic E-state index is 13.2. The molecule has 8 heteroatoms. The fourth-order valence-corrected chi connectivity index (χ4v) is 3.50. The second-order valence-corrected chi connectivity index (χ2v) is 7.01. The van der Waals surface area contributed by atoms with Gasteiger partial charge in [-0.25, -0.2) is 0 Å². The van der Waals surface area contributed by atoms with Gasteiger partial charge in [0, 0.05) is 23.3 Å². The minimum absolute atomic E-state index is 0.0268. The van der Waals surface area contributed by atoms with Crippen molar-refractivity contribution >= 4 is 17.5 Å². The standard InChI is InChI=1S/C19H19F3N2O3/c1-18(2)15(19(20,21)22)8-9-24(18)17(26)12-5-3-6-13(11-12)23-16(25)14-7-4-10-27-14/h3-7,10-11,15H,8-9H2,1-2H3,(H,23,25). The first-order chi connectivity index (χ1) is 12.6. The lowest BCUT2D eigenvalue weighted by molar-refractivity contribution is -0.189. The molecule has 0 saturated carbocycles. The Bertz CT molecular complexity index is 844. The molecule has 1 aromatic heterocycles. The molecular weight excluding hydrogens is 361 g/mol. The van der Waals surface area contributed by atoms with Gasteiger partial charge in [0.2, 0.25) is 0 Å². The fraction of sp³-hybridized carbons (Fsp3) is 0.368. The van der Waals surface area contributed by atoms with Crippen molar-refractivity contribution in [2.45, 2.75) is 32.0 Å². The molecule has 5 nitrogen and oxygen atoms in total. The molecule has 0 radical (unpaired) electrons. The van der Waals surface area contributed by atoms with Gasteiger partial charge in [-0.1, -0.05) is 6.07 Å². The number of alkyl halides is 3. The second-order valence-electron chi connectivity index (χ2n) is 7.01. The lowest BCUT2D eigenvalue weighted by Gasteiger charge is -2.36. The van der Waals surface area contributed by atoms with E-state index in [4.69, 9.17) is 4.42 Å². The first-order valence-corrected chi connectivity index (χ1v) is 8.44. The molecule has 0 aliphatic carbocycles. The zero-order chi connectivity index (χ0) is 19.8. The van der Waals surface area contributed by atoms with E-state index in [9.17, 15) is 22.8 Å². The Hall–Kier alpha value is -2.77. The number of hydrogen-bond donors (Lipinski definition) is 1. The summed E-state index contributed by atoms with van der Waals surface area (Å²) in [6.07, 6.45) is -3.13. The number of benzene rings is 1. The van der Waals surface area contributed by atoms with Crippen LogP contribution in [0, 0.1) is 5.92 Å². The normalized spacial score (nSPS) is 19.1. The highest BCUT2D eigenvalue weighted by Crippen LogP contribution is 2.45. The van der Waals surface area contributed by atoms with E-state index in [2.05, 4.69) is 5.32 Å². The van der Waals surface area contributed by atoms with Gasteiger partial charge in [0.15, 0.2) is 5.76 Å². The Balaban J connectivity index is 1.79. The topological polar surface area (TPSA) is 62.6 Å². The molecular formula is C19H19F3N2O3. The minimum Gasteiger partial charge on any atom is -0.459 e. The molecule has 0 bridgehead atoms. The number of amides is 2. The van der Waals surface area contributed by atoms with Crippen LogP contribution >= 0.6 is 0 Å². The van der Waals surface area contributed by atoms with Gasteiger partial charge in [0.25, 0.3) is 11.8 Å². The third-order valence-electron chi connectivity index (χ3n) is 4.94. The highest BCUT2D eigenvalue weighted by atomic mass is 19.4. The van der Waals surface area contributed by atoms with Crippen LogP contribution in [0.4, 0.5) is 18.9 Å². The molecule has 27 heavy (non-hydrogen) atoms. The number of furan rings is 1. The van der Waals surface area contributed by atoms with Crippen LogP contribution in [-0.2, 0) is 0 Å². The minimum atomic E-state index is -4.36. The summed E-state index contributed by atoms with van der Waals surface area (Å²) in [6.45, 7) is 2.89.